The number of thioether (sulfide) groups is 1. The molecular weight excluding hydrogens is 198 g/mol. The van der Waals surface area contributed by atoms with Crippen LogP contribution in [-0.4, -0.2) is 21.8 Å². The topological polar surface area (TPSA) is 71.5 Å². The Morgan fingerprint density at radius 2 is 2.36 bits per heavy atom. The summed E-state index contributed by atoms with van der Waals surface area (Å²) in [4.78, 5) is 4.31. The summed E-state index contributed by atoms with van der Waals surface area (Å²) in [5.74, 6) is 1.07. The van der Waals surface area contributed by atoms with E-state index >= 15 is 0 Å². The van der Waals surface area contributed by atoms with Gasteiger partial charge in [0, 0.05) is 11.3 Å². The van der Waals surface area contributed by atoms with Crippen molar-refractivity contribution in [2.45, 2.75) is 18.9 Å². The lowest BCUT2D eigenvalue weighted by atomic mass is 10.2. The molecule has 0 aromatic carbocycles. The normalized spacial score (nSPS) is 11.7. The maximum absolute atomic E-state index is 8.54. The van der Waals surface area contributed by atoms with Gasteiger partial charge in [-0.2, -0.15) is 0 Å². The number of amidine groups is 1. The summed E-state index contributed by atoms with van der Waals surface area (Å²) in [6.07, 6.45) is 0. The molecule has 0 fully saturated rings. The van der Waals surface area contributed by atoms with E-state index < -0.39 is 0 Å². The molecule has 0 saturated heterocycles. The highest BCUT2D eigenvalue weighted by molar-refractivity contribution is 7.99. The fraction of sp³-hybridized carbons (Fsp3) is 0.333. The molecule has 1 heterocycles. The number of nitrogens with zero attached hydrogens (tertiary/aromatic N) is 2. The number of pyridine rings is 1. The van der Waals surface area contributed by atoms with Gasteiger partial charge in [-0.3, -0.25) is 0 Å². The molecule has 14 heavy (non-hydrogen) atoms. The number of aromatic nitrogens is 1. The van der Waals surface area contributed by atoms with Gasteiger partial charge in [0.25, 0.3) is 0 Å². The first-order chi connectivity index (χ1) is 6.67. The van der Waals surface area contributed by atoms with Crippen molar-refractivity contribution in [1.29, 1.82) is 0 Å². The molecule has 0 atom stereocenters. The van der Waals surface area contributed by atoms with E-state index in [-0.39, 0.29) is 5.84 Å². The van der Waals surface area contributed by atoms with Gasteiger partial charge in [-0.1, -0.05) is 12.1 Å². The Bertz CT molecular complexity index is 352. The highest BCUT2D eigenvalue weighted by Crippen LogP contribution is 2.17. The maximum Gasteiger partial charge on any atom is 0.170 e. The third-order valence-electron chi connectivity index (χ3n) is 1.63. The predicted molar refractivity (Wildman–Crippen MR) is 57.9 cm³/mol. The average Bonchev–Trinajstić information content (AvgIpc) is 2.16. The van der Waals surface area contributed by atoms with Crippen LogP contribution >= 0.6 is 11.8 Å². The van der Waals surface area contributed by atoms with E-state index in [9.17, 15) is 0 Å². The second kappa shape index (κ2) is 4.85. The fourth-order valence-electron chi connectivity index (χ4n) is 1.07. The van der Waals surface area contributed by atoms with Crippen molar-refractivity contribution >= 4 is 17.6 Å². The molecule has 0 aliphatic rings. The van der Waals surface area contributed by atoms with E-state index in [0.717, 1.165) is 16.5 Å². The second-order valence-corrected chi connectivity index (χ2v) is 4.04. The van der Waals surface area contributed by atoms with Gasteiger partial charge >= 0.3 is 0 Å². The zero-order valence-electron chi connectivity index (χ0n) is 8.19. The fourth-order valence-corrected chi connectivity index (χ4v) is 1.78. The number of aryl methyl sites for hydroxylation is 1. The molecular formula is C9H13N3OS. The summed E-state index contributed by atoms with van der Waals surface area (Å²) < 4.78 is 0. The number of oxime groups is 1. The van der Waals surface area contributed by atoms with E-state index in [2.05, 4.69) is 17.1 Å². The summed E-state index contributed by atoms with van der Waals surface area (Å²) in [5.41, 5.74) is 7.06. The maximum atomic E-state index is 8.54. The molecule has 0 bridgehead atoms. The van der Waals surface area contributed by atoms with Crippen LogP contribution < -0.4 is 5.73 Å². The standard InChI is InChI=1S/C9H13N3OS/c1-3-14-8-5-7(9(10)12-13)4-6(2)11-8/h4-5,13H,3H2,1-2H3,(H2,10,12). The molecule has 76 valence electrons. The molecule has 1 aromatic rings. The van der Waals surface area contributed by atoms with E-state index in [1.54, 1.807) is 17.8 Å². The Morgan fingerprint density at radius 3 is 2.93 bits per heavy atom. The molecule has 0 saturated carbocycles. The highest BCUT2D eigenvalue weighted by Gasteiger charge is 2.03. The average molecular weight is 211 g/mol. The van der Waals surface area contributed by atoms with Crippen LogP contribution in [0.1, 0.15) is 18.2 Å². The van der Waals surface area contributed by atoms with Crippen molar-refractivity contribution < 1.29 is 5.21 Å². The first kappa shape index (κ1) is 10.8. The Morgan fingerprint density at radius 1 is 1.64 bits per heavy atom. The lowest BCUT2D eigenvalue weighted by molar-refractivity contribution is 0.318. The predicted octanol–water partition coefficient (Wildman–Crippen LogP) is 1.60. The molecule has 0 radical (unpaired) electrons. The van der Waals surface area contributed by atoms with Gasteiger partial charge in [-0.15, -0.1) is 11.8 Å². The van der Waals surface area contributed by atoms with Crippen molar-refractivity contribution in [3.8, 4) is 0 Å². The van der Waals surface area contributed by atoms with Crippen LogP contribution in [-0.2, 0) is 0 Å². The quantitative estimate of drug-likeness (QED) is 0.262. The van der Waals surface area contributed by atoms with Crippen LogP contribution in [0.2, 0.25) is 0 Å². The molecule has 5 heteroatoms. The van der Waals surface area contributed by atoms with Gasteiger partial charge in [0.2, 0.25) is 0 Å². The van der Waals surface area contributed by atoms with Gasteiger partial charge in [0.05, 0.1) is 5.03 Å². The molecule has 0 unspecified atom stereocenters. The Balaban J connectivity index is 3.07. The molecule has 1 rings (SSSR count). The van der Waals surface area contributed by atoms with Gasteiger partial charge in [0.15, 0.2) is 5.84 Å². The smallest absolute Gasteiger partial charge is 0.170 e. The molecule has 3 N–H and O–H groups in total. The zero-order chi connectivity index (χ0) is 10.6. The van der Waals surface area contributed by atoms with E-state index in [1.807, 2.05) is 13.0 Å². The third-order valence-corrected chi connectivity index (χ3v) is 2.42. The van der Waals surface area contributed by atoms with E-state index in [0.29, 0.717) is 5.56 Å². The van der Waals surface area contributed by atoms with Crippen LogP contribution in [0.4, 0.5) is 0 Å². The first-order valence-corrected chi connectivity index (χ1v) is 5.25. The first-order valence-electron chi connectivity index (χ1n) is 4.26. The van der Waals surface area contributed by atoms with Crippen LogP contribution in [0.3, 0.4) is 0 Å². The number of nitrogens with two attached hydrogens (primary N) is 1. The minimum absolute atomic E-state index is 0.119. The zero-order valence-corrected chi connectivity index (χ0v) is 9.01. The van der Waals surface area contributed by atoms with Crippen LogP contribution in [0.5, 0.6) is 0 Å². The molecule has 4 nitrogen and oxygen atoms in total. The summed E-state index contributed by atoms with van der Waals surface area (Å²) in [6.45, 7) is 3.94. The largest absolute Gasteiger partial charge is 0.409 e. The SMILES string of the molecule is CCSc1cc(/C(N)=N/O)cc(C)n1. The molecule has 1 aromatic heterocycles. The molecule has 0 amide bonds. The minimum atomic E-state index is 0.119. The minimum Gasteiger partial charge on any atom is -0.409 e. The van der Waals surface area contributed by atoms with Gasteiger partial charge in [-0.25, -0.2) is 4.98 Å². The van der Waals surface area contributed by atoms with Crippen LogP contribution in [0.15, 0.2) is 22.3 Å². The lowest BCUT2D eigenvalue weighted by Gasteiger charge is -2.03. The Labute approximate surface area is 87.2 Å². The second-order valence-electron chi connectivity index (χ2n) is 2.75. The Kier molecular flexibility index (Phi) is 3.76. The van der Waals surface area contributed by atoms with Gasteiger partial charge in [-0.05, 0) is 24.8 Å². The third kappa shape index (κ3) is 2.63. The molecule has 0 spiro atoms. The van der Waals surface area contributed by atoms with E-state index in [4.69, 9.17) is 10.9 Å². The molecule has 0 aliphatic heterocycles. The Hall–Kier alpha value is -1.23. The lowest BCUT2D eigenvalue weighted by Crippen LogP contribution is -2.13. The number of hydrogen-bond donors (Lipinski definition) is 2. The monoisotopic (exact) mass is 211 g/mol. The highest BCUT2D eigenvalue weighted by atomic mass is 32.2. The molecule has 0 aliphatic carbocycles. The van der Waals surface area contributed by atoms with Crippen LogP contribution in [0.25, 0.3) is 0 Å². The summed E-state index contributed by atoms with van der Waals surface area (Å²) in [6, 6.07) is 3.60. The van der Waals surface area contributed by atoms with Crippen molar-refractivity contribution in [2.24, 2.45) is 10.9 Å². The van der Waals surface area contributed by atoms with Crippen molar-refractivity contribution in [1.82, 2.24) is 4.98 Å². The number of rotatable bonds is 3. The summed E-state index contributed by atoms with van der Waals surface area (Å²) in [5, 5.41) is 12.4. The van der Waals surface area contributed by atoms with Gasteiger partial charge in [0.1, 0.15) is 0 Å². The van der Waals surface area contributed by atoms with E-state index in [1.165, 1.54) is 0 Å². The van der Waals surface area contributed by atoms with Crippen molar-refractivity contribution in [2.75, 3.05) is 5.75 Å². The summed E-state index contributed by atoms with van der Waals surface area (Å²) >= 11 is 1.63. The van der Waals surface area contributed by atoms with Crippen LogP contribution in [0, 0.1) is 6.92 Å². The number of hydrogen-bond acceptors (Lipinski definition) is 4. The van der Waals surface area contributed by atoms with Crippen molar-refractivity contribution in [3.63, 3.8) is 0 Å². The van der Waals surface area contributed by atoms with Gasteiger partial charge < -0.3 is 10.9 Å². The summed E-state index contributed by atoms with van der Waals surface area (Å²) in [7, 11) is 0. The van der Waals surface area contributed by atoms with Crippen molar-refractivity contribution in [3.05, 3.63) is 23.4 Å².